The molecule has 3 heteroatoms. The Hall–Kier alpha value is -0.540. The lowest BCUT2D eigenvalue weighted by Gasteiger charge is -2.30. The summed E-state index contributed by atoms with van der Waals surface area (Å²) in [7, 11) is 1.81. The molecule has 1 saturated carbocycles. The molecular formula is C14H19BrO2. The van der Waals surface area contributed by atoms with Gasteiger partial charge in [0.15, 0.2) is 0 Å². The summed E-state index contributed by atoms with van der Waals surface area (Å²) < 4.78 is 12.4. The molecule has 0 aromatic heterocycles. The summed E-state index contributed by atoms with van der Waals surface area (Å²) in [4.78, 5) is 0. The minimum absolute atomic E-state index is 0.371. The van der Waals surface area contributed by atoms with Crippen LogP contribution in [0.2, 0.25) is 0 Å². The third kappa shape index (κ3) is 3.71. The molecule has 94 valence electrons. The van der Waals surface area contributed by atoms with E-state index in [9.17, 15) is 0 Å². The molecule has 2 unspecified atom stereocenters. The monoisotopic (exact) mass is 298 g/mol. The summed E-state index contributed by atoms with van der Waals surface area (Å²) in [6.07, 6.45) is 5.34. The number of hydrogen-bond donors (Lipinski definition) is 0. The lowest BCUT2D eigenvalue weighted by Crippen LogP contribution is -2.31. The van der Waals surface area contributed by atoms with Gasteiger partial charge in [-0.1, -0.05) is 34.8 Å². The van der Waals surface area contributed by atoms with Crippen molar-refractivity contribution in [2.45, 2.75) is 31.8 Å². The standard InChI is InChI=1S/C14H19BrO2/c1-16-14-8-3-2-5-11(14)10-17-13-7-4-6-12(15)9-13/h4,6-7,9,11,14H,2-3,5,8,10H2,1H3. The number of rotatable bonds is 4. The van der Waals surface area contributed by atoms with Crippen LogP contribution in [0.25, 0.3) is 0 Å². The molecule has 1 aliphatic carbocycles. The molecule has 1 fully saturated rings. The predicted octanol–water partition coefficient (Wildman–Crippen LogP) is 4.03. The van der Waals surface area contributed by atoms with Gasteiger partial charge in [0.25, 0.3) is 0 Å². The van der Waals surface area contributed by atoms with Crippen LogP contribution < -0.4 is 4.74 Å². The van der Waals surface area contributed by atoms with Crippen molar-refractivity contribution in [3.63, 3.8) is 0 Å². The van der Waals surface area contributed by atoms with Gasteiger partial charge in [-0.3, -0.25) is 0 Å². The van der Waals surface area contributed by atoms with Gasteiger partial charge in [0.05, 0.1) is 12.7 Å². The summed E-state index contributed by atoms with van der Waals surface area (Å²) in [5.74, 6) is 1.47. The van der Waals surface area contributed by atoms with Crippen molar-refractivity contribution in [2.24, 2.45) is 5.92 Å². The van der Waals surface area contributed by atoms with E-state index in [0.717, 1.165) is 16.8 Å². The van der Waals surface area contributed by atoms with Crippen molar-refractivity contribution < 1.29 is 9.47 Å². The van der Waals surface area contributed by atoms with E-state index in [1.807, 2.05) is 31.4 Å². The first kappa shape index (κ1) is 12.9. The van der Waals surface area contributed by atoms with Crippen LogP contribution in [0, 0.1) is 5.92 Å². The van der Waals surface area contributed by atoms with Gasteiger partial charge < -0.3 is 9.47 Å². The van der Waals surface area contributed by atoms with Gasteiger partial charge in [-0.05, 0) is 31.0 Å². The van der Waals surface area contributed by atoms with E-state index in [1.54, 1.807) is 0 Å². The van der Waals surface area contributed by atoms with Crippen molar-refractivity contribution in [3.05, 3.63) is 28.7 Å². The first-order chi connectivity index (χ1) is 8.29. The van der Waals surface area contributed by atoms with Crippen LogP contribution in [0.1, 0.15) is 25.7 Å². The van der Waals surface area contributed by atoms with Crippen LogP contribution in [0.5, 0.6) is 5.75 Å². The highest BCUT2D eigenvalue weighted by molar-refractivity contribution is 9.10. The van der Waals surface area contributed by atoms with Crippen LogP contribution in [0.3, 0.4) is 0 Å². The van der Waals surface area contributed by atoms with Gasteiger partial charge in [0.2, 0.25) is 0 Å². The molecule has 0 aliphatic heterocycles. The van der Waals surface area contributed by atoms with Crippen molar-refractivity contribution in [2.75, 3.05) is 13.7 Å². The Morgan fingerprint density at radius 1 is 1.29 bits per heavy atom. The Kier molecular flexibility index (Phi) is 4.86. The molecule has 0 amide bonds. The molecule has 0 spiro atoms. The normalized spacial score (nSPS) is 24.6. The highest BCUT2D eigenvalue weighted by atomic mass is 79.9. The minimum atomic E-state index is 0.371. The first-order valence-corrected chi connectivity index (χ1v) is 7.00. The SMILES string of the molecule is COC1CCCCC1COc1cccc(Br)c1. The van der Waals surface area contributed by atoms with E-state index in [1.165, 1.54) is 25.7 Å². The third-order valence-electron chi connectivity index (χ3n) is 3.40. The van der Waals surface area contributed by atoms with E-state index >= 15 is 0 Å². The lowest BCUT2D eigenvalue weighted by atomic mass is 9.87. The predicted molar refractivity (Wildman–Crippen MR) is 72.4 cm³/mol. The largest absolute Gasteiger partial charge is 0.493 e. The Morgan fingerprint density at radius 3 is 2.88 bits per heavy atom. The highest BCUT2D eigenvalue weighted by Crippen LogP contribution is 2.27. The molecule has 0 N–H and O–H groups in total. The summed E-state index contributed by atoms with van der Waals surface area (Å²) in [5.41, 5.74) is 0. The zero-order chi connectivity index (χ0) is 12.1. The van der Waals surface area contributed by atoms with Gasteiger partial charge in [-0.2, -0.15) is 0 Å². The maximum Gasteiger partial charge on any atom is 0.120 e. The maximum absolute atomic E-state index is 5.85. The smallest absolute Gasteiger partial charge is 0.120 e. The van der Waals surface area contributed by atoms with Crippen LogP contribution in [0.4, 0.5) is 0 Å². The third-order valence-corrected chi connectivity index (χ3v) is 3.90. The number of benzene rings is 1. The van der Waals surface area contributed by atoms with E-state index < -0.39 is 0 Å². The highest BCUT2D eigenvalue weighted by Gasteiger charge is 2.25. The second-order valence-corrected chi connectivity index (χ2v) is 5.50. The summed E-state index contributed by atoms with van der Waals surface area (Å²) in [6, 6.07) is 8.00. The van der Waals surface area contributed by atoms with Crippen molar-refractivity contribution >= 4 is 15.9 Å². The number of halogens is 1. The second-order valence-electron chi connectivity index (χ2n) is 4.59. The Bertz CT molecular complexity index is 354. The average molecular weight is 299 g/mol. The number of ether oxygens (including phenoxy) is 2. The molecule has 17 heavy (non-hydrogen) atoms. The maximum atomic E-state index is 5.85. The Morgan fingerprint density at radius 2 is 2.12 bits per heavy atom. The summed E-state index contributed by atoms with van der Waals surface area (Å²) in [6.45, 7) is 0.759. The molecule has 0 bridgehead atoms. The van der Waals surface area contributed by atoms with E-state index in [0.29, 0.717) is 12.0 Å². The summed E-state index contributed by atoms with van der Waals surface area (Å²) >= 11 is 3.45. The van der Waals surface area contributed by atoms with Gasteiger partial charge in [0.1, 0.15) is 5.75 Å². The second kappa shape index (κ2) is 6.41. The van der Waals surface area contributed by atoms with Crippen LogP contribution >= 0.6 is 15.9 Å². The van der Waals surface area contributed by atoms with Crippen molar-refractivity contribution in [1.82, 2.24) is 0 Å². The van der Waals surface area contributed by atoms with E-state index in [4.69, 9.17) is 9.47 Å². The molecular weight excluding hydrogens is 280 g/mol. The quantitative estimate of drug-likeness (QED) is 0.835. The van der Waals surface area contributed by atoms with Crippen molar-refractivity contribution in [1.29, 1.82) is 0 Å². The topological polar surface area (TPSA) is 18.5 Å². The number of methoxy groups -OCH3 is 1. The van der Waals surface area contributed by atoms with Crippen LogP contribution in [-0.4, -0.2) is 19.8 Å². The van der Waals surface area contributed by atoms with E-state index in [-0.39, 0.29) is 0 Å². The zero-order valence-electron chi connectivity index (χ0n) is 10.2. The van der Waals surface area contributed by atoms with Gasteiger partial charge >= 0.3 is 0 Å². The molecule has 1 aromatic carbocycles. The summed E-state index contributed by atoms with van der Waals surface area (Å²) in [5, 5.41) is 0. The fraction of sp³-hybridized carbons (Fsp3) is 0.571. The molecule has 2 rings (SSSR count). The fourth-order valence-corrected chi connectivity index (χ4v) is 2.81. The van der Waals surface area contributed by atoms with Crippen LogP contribution in [0.15, 0.2) is 28.7 Å². The molecule has 1 aromatic rings. The minimum Gasteiger partial charge on any atom is -0.493 e. The zero-order valence-corrected chi connectivity index (χ0v) is 11.8. The van der Waals surface area contributed by atoms with Crippen LogP contribution in [-0.2, 0) is 4.74 Å². The van der Waals surface area contributed by atoms with Gasteiger partial charge in [-0.15, -0.1) is 0 Å². The van der Waals surface area contributed by atoms with Crippen molar-refractivity contribution in [3.8, 4) is 5.75 Å². The van der Waals surface area contributed by atoms with E-state index in [2.05, 4.69) is 15.9 Å². The molecule has 1 aliphatic rings. The van der Waals surface area contributed by atoms with Gasteiger partial charge in [0, 0.05) is 17.5 Å². The molecule has 0 radical (unpaired) electrons. The molecule has 2 nitrogen and oxygen atoms in total. The Labute approximate surface area is 111 Å². The average Bonchev–Trinajstić information content (AvgIpc) is 2.37. The number of hydrogen-bond acceptors (Lipinski definition) is 2. The molecule has 0 saturated heterocycles. The lowest BCUT2D eigenvalue weighted by molar-refractivity contribution is 0.00482. The molecule has 0 heterocycles. The fourth-order valence-electron chi connectivity index (χ4n) is 2.43. The molecule has 2 atom stereocenters. The first-order valence-electron chi connectivity index (χ1n) is 6.21. The van der Waals surface area contributed by atoms with Gasteiger partial charge in [-0.25, -0.2) is 0 Å². The Balaban J connectivity index is 1.88.